The van der Waals surface area contributed by atoms with E-state index >= 15 is 9.18 Å². The maximum absolute atomic E-state index is 15.3. The summed E-state index contributed by atoms with van der Waals surface area (Å²) in [6, 6.07) is 22.3. The fourth-order valence-electron chi connectivity index (χ4n) is 8.92. The number of carboxylic acids is 1. The number of allylic oxidation sites excluding steroid dienone is 2. The number of hydrogen-bond acceptors (Lipinski definition) is 7. The average Bonchev–Trinajstić information content (AvgIpc) is 3.50. The van der Waals surface area contributed by atoms with E-state index < -0.39 is 87.5 Å². The van der Waals surface area contributed by atoms with Crippen molar-refractivity contribution in [1.82, 2.24) is 0 Å². The van der Waals surface area contributed by atoms with Gasteiger partial charge in [-0.3, -0.25) is 19.2 Å². The van der Waals surface area contributed by atoms with E-state index in [0.717, 1.165) is 28.0 Å². The number of nitrogens with zero attached hydrogens (tertiary/aromatic N) is 2. The summed E-state index contributed by atoms with van der Waals surface area (Å²) in [4.78, 5) is 71.8. The highest BCUT2D eigenvalue weighted by Gasteiger charge is 2.70. The Labute approximate surface area is 295 Å². The SMILES string of the molecule is O=C(O)c1ccc(N2C(=O)C3CC=C4C(CC5C(=O)N(c6cccc(Cl)c6)C(=O)C5(c5ccccc5)C4c4ccc(O)c(F)c4)C3C2=O)cc1O. The number of imide groups is 2. The number of carbonyl (C=O) groups is 5. The molecule has 3 N–H and O–H groups in total. The molecular formula is C39H28ClFN2O8. The van der Waals surface area contributed by atoms with Crippen LogP contribution < -0.4 is 9.80 Å². The summed E-state index contributed by atoms with van der Waals surface area (Å²) in [7, 11) is 0. The van der Waals surface area contributed by atoms with Gasteiger partial charge in [-0.25, -0.2) is 19.0 Å². The third-order valence-electron chi connectivity index (χ3n) is 10.9. The number of aromatic hydroxyl groups is 2. The molecule has 1 saturated carbocycles. The number of carbonyl (C=O) groups excluding carboxylic acids is 4. The summed E-state index contributed by atoms with van der Waals surface area (Å²) in [6.45, 7) is 0. The van der Waals surface area contributed by atoms with E-state index in [0.29, 0.717) is 21.7 Å². The van der Waals surface area contributed by atoms with Crippen LogP contribution in [0.4, 0.5) is 15.8 Å². The lowest BCUT2D eigenvalue weighted by atomic mass is 9.49. The van der Waals surface area contributed by atoms with Crippen LogP contribution in [-0.2, 0) is 24.6 Å². The van der Waals surface area contributed by atoms with Crippen molar-refractivity contribution in [2.45, 2.75) is 24.2 Å². The van der Waals surface area contributed by atoms with Gasteiger partial charge < -0.3 is 15.3 Å². The topological polar surface area (TPSA) is 153 Å². The Morgan fingerprint density at radius 1 is 0.784 bits per heavy atom. The molecule has 0 radical (unpaired) electrons. The first-order valence-corrected chi connectivity index (χ1v) is 16.6. The zero-order chi connectivity index (χ0) is 35.9. The van der Waals surface area contributed by atoms with E-state index in [2.05, 4.69) is 0 Å². The van der Waals surface area contributed by atoms with Crippen molar-refractivity contribution in [2.24, 2.45) is 23.7 Å². The van der Waals surface area contributed by atoms with Gasteiger partial charge in [0.1, 0.15) is 11.3 Å². The molecule has 0 aromatic heterocycles. The van der Waals surface area contributed by atoms with E-state index in [1.165, 1.54) is 24.3 Å². The summed E-state index contributed by atoms with van der Waals surface area (Å²) >= 11 is 6.33. The molecule has 8 rings (SSSR count). The third kappa shape index (κ3) is 4.57. The monoisotopic (exact) mass is 706 g/mol. The molecule has 2 saturated heterocycles. The minimum Gasteiger partial charge on any atom is -0.507 e. The molecule has 2 aliphatic carbocycles. The molecule has 256 valence electrons. The van der Waals surface area contributed by atoms with Crippen LogP contribution in [-0.4, -0.2) is 44.9 Å². The third-order valence-corrected chi connectivity index (χ3v) is 11.2. The van der Waals surface area contributed by atoms with Crippen LogP contribution in [0.25, 0.3) is 0 Å². The number of phenolic OH excluding ortho intramolecular Hbond substituents is 1. The molecule has 4 aliphatic rings. The van der Waals surface area contributed by atoms with Crippen molar-refractivity contribution >= 4 is 52.6 Å². The first-order chi connectivity index (χ1) is 24.4. The van der Waals surface area contributed by atoms with E-state index in [-0.39, 0.29) is 24.2 Å². The summed E-state index contributed by atoms with van der Waals surface area (Å²) in [5, 5.41) is 30.3. The number of aromatic carboxylic acids is 1. The molecule has 6 unspecified atom stereocenters. The first-order valence-electron chi connectivity index (χ1n) is 16.3. The Balaban J connectivity index is 1.33. The number of hydrogen-bond donors (Lipinski definition) is 3. The molecule has 3 fully saturated rings. The molecule has 4 amide bonds. The van der Waals surface area contributed by atoms with Crippen molar-refractivity contribution < 1.29 is 43.7 Å². The lowest BCUT2D eigenvalue weighted by Crippen LogP contribution is -2.53. The second-order valence-corrected chi connectivity index (χ2v) is 13.8. The Hall–Kier alpha value is -5.81. The molecule has 2 aliphatic heterocycles. The van der Waals surface area contributed by atoms with Crippen molar-refractivity contribution in [3.8, 4) is 11.5 Å². The van der Waals surface area contributed by atoms with Gasteiger partial charge in [0, 0.05) is 17.0 Å². The minimum atomic E-state index is -1.62. The highest BCUT2D eigenvalue weighted by atomic mass is 35.5. The number of amides is 4. The molecule has 12 heteroatoms. The second-order valence-electron chi connectivity index (χ2n) is 13.3. The zero-order valence-electron chi connectivity index (χ0n) is 26.6. The summed E-state index contributed by atoms with van der Waals surface area (Å²) in [5.41, 5.74) is -0.398. The number of anilines is 2. The average molecular weight is 707 g/mol. The van der Waals surface area contributed by atoms with Gasteiger partial charge >= 0.3 is 5.97 Å². The van der Waals surface area contributed by atoms with Crippen molar-refractivity contribution in [3.05, 3.63) is 130 Å². The van der Waals surface area contributed by atoms with Crippen LogP contribution in [0.2, 0.25) is 5.02 Å². The number of carboxylic acid groups (broad SMARTS) is 1. The van der Waals surface area contributed by atoms with Gasteiger partial charge in [-0.15, -0.1) is 0 Å². The zero-order valence-corrected chi connectivity index (χ0v) is 27.3. The highest BCUT2D eigenvalue weighted by Crippen LogP contribution is 2.64. The van der Waals surface area contributed by atoms with Gasteiger partial charge in [0.05, 0.1) is 34.5 Å². The first kappa shape index (κ1) is 32.4. The van der Waals surface area contributed by atoms with Gasteiger partial charge in [0.25, 0.3) is 0 Å². The van der Waals surface area contributed by atoms with Crippen molar-refractivity contribution in [2.75, 3.05) is 9.80 Å². The van der Waals surface area contributed by atoms with E-state index in [1.54, 1.807) is 48.5 Å². The normalized spacial score (nSPS) is 26.9. The molecule has 51 heavy (non-hydrogen) atoms. The van der Waals surface area contributed by atoms with E-state index in [9.17, 15) is 34.5 Å². The van der Waals surface area contributed by atoms with Gasteiger partial charge in [0.2, 0.25) is 23.6 Å². The lowest BCUT2D eigenvalue weighted by molar-refractivity contribution is -0.127. The maximum Gasteiger partial charge on any atom is 0.339 e. The Bertz CT molecular complexity index is 2240. The van der Waals surface area contributed by atoms with E-state index in [1.807, 2.05) is 6.08 Å². The Morgan fingerprint density at radius 3 is 2.22 bits per heavy atom. The van der Waals surface area contributed by atoms with Gasteiger partial charge in [-0.2, -0.15) is 0 Å². The standard InChI is InChI=1S/C39H28ClFN2O8/c40-21-7-4-8-22(16-21)43-35(47)28-18-27-24(12-13-26-32(27)36(48)42(34(26)46)23-10-11-25(37(49)50)31(45)17-23)33(19-9-14-30(44)29(41)15-19)39(28,38(43)51)20-5-2-1-3-6-20/h1-12,14-17,26-28,32-33,44-45H,13,18H2,(H,49,50). The number of fused-ring (bicyclic) bond motifs is 4. The van der Waals surface area contributed by atoms with Crippen LogP contribution >= 0.6 is 11.6 Å². The molecule has 4 aromatic carbocycles. The number of halogens is 2. The summed E-state index contributed by atoms with van der Waals surface area (Å²) in [5.74, 6) is -10.5. The van der Waals surface area contributed by atoms with Crippen LogP contribution in [0, 0.1) is 29.5 Å². The molecule has 4 aromatic rings. The highest BCUT2D eigenvalue weighted by molar-refractivity contribution is 6.32. The molecule has 0 spiro atoms. The second kappa shape index (κ2) is 11.6. The minimum absolute atomic E-state index is 0.00331. The summed E-state index contributed by atoms with van der Waals surface area (Å²) < 4.78 is 15.3. The maximum atomic E-state index is 15.3. The van der Waals surface area contributed by atoms with Gasteiger partial charge in [0.15, 0.2) is 11.6 Å². The number of rotatable bonds is 5. The number of phenols is 2. The molecule has 6 atom stereocenters. The van der Waals surface area contributed by atoms with Crippen LogP contribution in [0.5, 0.6) is 11.5 Å². The molecule has 10 nitrogen and oxygen atoms in total. The van der Waals surface area contributed by atoms with Crippen LogP contribution in [0.15, 0.2) is 103 Å². The molecule has 0 bridgehead atoms. The van der Waals surface area contributed by atoms with E-state index in [4.69, 9.17) is 11.6 Å². The van der Waals surface area contributed by atoms with Crippen molar-refractivity contribution in [1.29, 1.82) is 0 Å². The predicted molar refractivity (Wildman–Crippen MR) is 182 cm³/mol. The lowest BCUT2D eigenvalue weighted by Gasteiger charge is -2.50. The Morgan fingerprint density at radius 2 is 1.53 bits per heavy atom. The summed E-state index contributed by atoms with van der Waals surface area (Å²) in [6.07, 6.45) is 1.89. The fraction of sp³-hybridized carbons (Fsp3) is 0.205. The molecular weight excluding hydrogens is 679 g/mol. The van der Waals surface area contributed by atoms with Crippen LogP contribution in [0.1, 0.15) is 40.2 Å². The van der Waals surface area contributed by atoms with Crippen LogP contribution in [0.3, 0.4) is 0 Å². The van der Waals surface area contributed by atoms with Crippen molar-refractivity contribution in [3.63, 3.8) is 0 Å². The predicted octanol–water partition coefficient (Wildman–Crippen LogP) is 5.96. The molecule has 2 heterocycles. The smallest absolute Gasteiger partial charge is 0.339 e. The fourth-order valence-corrected chi connectivity index (χ4v) is 9.10. The Kier molecular flexibility index (Phi) is 7.39. The quantitative estimate of drug-likeness (QED) is 0.170. The van der Waals surface area contributed by atoms with Gasteiger partial charge in [-0.05, 0) is 72.4 Å². The number of benzene rings is 4. The largest absolute Gasteiger partial charge is 0.507 e. The van der Waals surface area contributed by atoms with Gasteiger partial charge in [-0.1, -0.05) is 65.7 Å².